The molecule has 1 atom stereocenters. The Hall–Kier alpha value is -1.03. The van der Waals surface area contributed by atoms with Crippen LogP contribution in [-0.4, -0.2) is 5.11 Å². The molecule has 0 radical (unpaired) electrons. The van der Waals surface area contributed by atoms with Crippen LogP contribution in [0.5, 0.6) is 0 Å². The molecule has 82 valence electrons. The van der Waals surface area contributed by atoms with E-state index in [0.717, 1.165) is 31.4 Å². The molecule has 1 aliphatic rings. The first kappa shape index (κ1) is 10.5. The largest absolute Gasteiger partial charge is 0.388 e. The Kier molecular flexibility index (Phi) is 2.69. The number of benzene rings is 1. The maximum atomic E-state index is 12.9. The van der Waals surface area contributed by atoms with Crippen LogP contribution in [0.25, 0.3) is 0 Å². The molecule has 0 spiro atoms. The van der Waals surface area contributed by atoms with E-state index in [4.69, 9.17) is 0 Å². The third-order valence-electron chi connectivity index (χ3n) is 2.94. The molecule has 0 aliphatic heterocycles. The summed E-state index contributed by atoms with van der Waals surface area (Å²) in [6.45, 7) is 0. The molecule has 2 rings (SSSR count). The molecule has 0 amide bonds. The number of hydrogen-bond donors (Lipinski definition) is 1. The number of aliphatic hydroxyl groups excluding tert-OH is 1. The van der Waals surface area contributed by atoms with E-state index < -0.39 is 23.6 Å². The molecule has 15 heavy (non-hydrogen) atoms. The van der Waals surface area contributed by atoms with E-state index in [9.17, 15) is 18.3 Å². The lowest BCUT2D eigenvalue weighted by molar-refractivity contribution is 0.0614. The first-order valence-electron chi connectivity index (χ1n) is 4.92. The van der Waals surface area contributed by atoms with Crippen LogP contribution in [0.3, 0.4) is 0 Å². The van der Waals surface area contributed by atoms with Crippen LogP contribution >= 0.6 is 0 Å². The number of hydrogen-bond acceptors (Lipinski definition) is 1. The van der Waals surface area contributed by atoms with Gasteiger partial charge in [-0.15, -0.1) is 0 Å². The van der Waals surface area contributed by atoms with Gasteiger partial charge in [0.2, 0.25) is 0 Å². The molecule has 1 saturated carbocycles. The first-order chi connectivity index (χ1) is 7.09. The second kappa shape index (κ2) is 3.85. The molecule has 0 saturated heterocycles. The average molecular weight is 216 g/mol. The molecule has 0 heterocycles. The van der Waals surface area contributed by atoms with Gasteiger partial charge < -0.3 is 5.11 Å². The van der Waals surface area contributed by atoms with Crippen molar-refractivity contribution in [3.8, 4) is 0 Å². The van der Waals surface area contributed by atoms with Crippen LogP contribution in [0, 0.1) is 23.4 Å². The number of halogens is 3. The van der Waals surface area contributed by atoms with Gasteiger partial charge in [-0.25, -0.2) is 13.2 Å². The molecular weight excluding hydrogens is 205 g/mol. The van der Waals surface area contributed by atoms with Crippen molar-refractivity contribution in [1.82, 2.24) is 0 Å². The van der Waals surface area contributed by atoms with Crippen molar-refractivity contribution in [1.29, 1.82) is 0 Å². The highest BCUT2D eigenvalue weighted by atomic mass is 19.2. The fourth-order valence-corrected chi connectivity index (χ4v) is 1.77. The minimum Gasteiger partial charge on any atom is -0.388 e. The molecule has 1 fully saturated rings. The van der Waals surface area contributed by atoms with Gasteiger partial charge in [0, 0.05) is 0 Å². The lowest BCUT2D eigenvalue weighted by atomic mass is 9.79. The second-order valence-electron chi connectivity index (χ2n) is 3.93. The Morgan fingerprint density at radius 3 is 2.07 bits per heavy atom. The van der Waals surface area contributed by atoms with Crippen LogP contribution in [0.15, 0.2) is 12.1 Å². The summed E-state index contributed by atoms with van der Waals surface area (Å²) in [6.07, 6.45) is 1.83. The Bertz CT molecular complexity index is 351. The highest BCUT2D eigenvalue weighted by Gasteiger charge is 2.28. The molecule has 1 aliphatic carbocycles. The van der Waals surface area contributed by atoms with Gasteiger partial charge in [-0.1, -0.05) is 6.42 Å². The van der Waals surface area contributed by atoms with Gasteiger partial charge in [0.15, 0.2) is 17.5 Å². The molecule has 0 bridgehead atoms. The van der Waals surface area contributed by atoms with Crippen molar-refractivity contribution in [3.63, 3.8) is 0 Å². The molecule has 1 aromatic rings. The highest BCUT2D eigenvalue weighted by molar-refractivity contribution is 5.22. The van der Waals surface area contributed by atoms with Crippen molar-refractivity contribution < 1.29 is 18.3 Å². The van der Waals surface area contributed by atoms with Crippen LogP contribution in [-0.2, 0) is 0 Å². The molecule has 1 aromatic carbocycles. The zero-order chi connectivity index (χ0) is 11.0. The summed E-state index contributed by atoms with van der Waals surface area (Å²) in [6, 6.07) is 1.72. The molecule has 0 aromatic heterocycles. The minimum atomic E-state index is -1.49. The molecule has 1 nitrogen and oxygen atoms in total. The third kappa shape index (κ3) is 1.86. The molecule has 4 heteroatoms. The molecule has 1 unspecified atom stereocenters. The van der Waals surface area contributed by atoms with E-state index in [0.29, 0.717) is 0 Å². The Balaban J connectivity index is 2.27. The molecule has 1 N–H and O–H groups in total. The standard InChI is InChI=1S/C11H11F3O/c12-8-4-7(5-9(13)10(8)14)11(15)6-2-1-3-6/h4-6,11,15H,1-3H2. The smallest absolute Gasteiger partial charge is 0.194 e. The quantitative estimate of drug-likeness (QED) is 0.753. The average Bonchev–Trinajstić information content (AvgIpc) is 2.10. The van der Waals surface area contributed by atoms with Crippen LogP contribution < -0.4 is 0 Å². The first-order valence-corrected chi connectivity index (χ1v) is 4.92. The lowest BCUT2D eigenvalue weighted by Crippen LogP contribution is -2.20. The fraction of sp³-hybridized carbons (Fsp3) is 0.455. The van der Waals surface area contributed by atoms with Crippen LogP contribution in [0.1, 0.15) is 30.9 Å². The number of aliphatic hydroxyl groups is 1. The summed E-state index contributed by atoms with van der Waals surface area (Å²) in [5.41, 5.74) is 0.121. The van der Waals surface area contributed by atoms with E-state index in [1.165, 1.54) is 0 Å². The van der Waals surface area contributed by atoms with Gasteiger partial charge in [0.05, 0.1) is 6.10 Å². The van der Waals surface area contributed by atoms with Crippen molar-refractivity contribution in [2.45, 2.75) is 25.4 Å². The summed E-state index contributed by atoms with van der Waals surface area (Å²) in [5, 5.41) is 9.72. The lowest BCUT2D eigenvalue weighted by Gasteiger charge is -2.30. The van der Waals surface area contributed by atoms with Gasteiger partial charge in [-0.05, 0) is 36.5 Å². The SMILES string of the molecule is OC(c1cc(F)c(F)c(F)c1)C1CCC1. The van der Waals surface area contributed by atoms with Gasteiger partial charge in [-0.2, -0.15) is 0 Å². The predicted molar refractivity (Wildman–Crippen MR) is 48.6 cm³/mol. The van der Waals surface area contributed by atoms with E-state index in [1.807, 2.05) is 0 Å². The summed E-state index contributed by atoms with van der Waals surface area (Å²) < 4.78 is 38.4. The minimum absolute atomic E-state index is 0.0502. The zero-order valence-electron chi connectivity index (χ0n) is 8.01. The van der Waals surface area contributed by atoms with E-state index in [1.54, 1.807) is 0 Å². The zero-order valence-corrected chi connectivity index (χ0v) is 8.01. The fourth-order valence-electron chi connectivity index (χ4n) is 1.77. The Morgan fingerprint density at radius 2 is 1.67 bits per heavy atom. The van der Waals surface area contributed by atoms with Crippen molar-refractivity contribution in [2.75, 3.05) is 0 Å². The third-order valence-corrected chi connectivity index (χ3v) is 2.94. The van der Waals surface area contributed by atoms with Gasteiger partial charge in [-0.3, -0.25) is 0 Å². The summed E-state index contributed by atoms with van der Waals surface area (Å²) in [5.74, 6) is -3.93. The topological polar surface area (TPSA) is 20.2 Å². The van der Waals surface area contributed by atoms with E-state index in [2.05, 4.69) is 0 Å². The van der Waals surface area contributed by atoms with E-state index in [-0.39, 0.29) is 11.5 Å². The second-order valence-corrected chi connectivity index (χ2v) is 3.93. The maximum Gasteiger partial charge on any atom is 0.194 e. The van der Waals surface area contributed by atoms with Gasteiger partial charge in [0.1, 0.15) is 0 Å². The Labute approximate surface area is 85.5 Å². The summed E-state index contributed by atoms with van der Waals surface area (Å²) in [4.78, 5) is 0. The Morgan fingerprint density at radius 1 is 1.13 bits per heavy atom. The summed E-state index contributed by atoms with van der Waals surface area (Å²) >= 11 is 0. The van der Waals surface area contributed by atoms with E-state index >= 15 is 0 Å². The molecular formula is C11H11F3O. The van der Waals surface area contributed by atoms with Gasteiger partial charge in [0.25, 0.3) is 0 Å². The van der Waals surface area contributed by atoms with Crippen molar-refractivity contribution in [3.05, 3.63) is 35.1 Å². The maximum absolute atomic E-state index is 12.9. The summed E-state index contributed by atoms with van der Waals surface area (Å²) in [7, 11) is 0. The van der Waals surface area contributed by atoms with Gasteiger partial charge >= 0.3 is 0 Å². The van der Waals surface area contributed by atoms with Crippen LogP contribution in [0.2, 0.25) is 0 Å². The van der Waals surface area contributed by atoms with Crippen LogP contribution in [0.4, 0.5) is 13.2 Å². The monoisotopic (exact) mass is 216 g/mol. The highest BCUT2D eigenvalue weighted by Crippen LogP contribution is 2.38. The van der Waals surface area contributed by atoms with Crippen molar-refractivity contribution >= 4 is 0 Å². The normalized spacial score (nSPS) is 18.7. The van der Waals surface area contributed by atoms with Crippen molar-refractivity contribution in [2.24, 2.45) is 5.92 Å². The number of rotatable bonds is 2. The predicted octanol–water partition coefficient (Wildman–Crippen LogP) is 2.94.